The van der Waals surface area contributed by atoms with Crippen LogP contribution in [0.15, 0.2) is 0 Å². The van der Waals surface area contributed by atoms with E-state index in [9.17, 15) is 14.4 Å². The second-order valence-corrected chi connectivity index (χ2v) is 2.35. The zero-order valence-electron chi connectivity index (χ0n) is 8.79. The molecular weight excluding hydrogens is 186 g/mol. The van der Waals surface area contributed by atoms with Crippen molar-refractivity contribution in [1.82, 2.24) is 5.32 Å². The first-order chi connectivity index (χ1) is 6.52. The van der Waals surface area contributed by atoms with Gasteiger partial charge in [0.2, 0.25) is 11.8 Å². The van der Waals surface area contributed by atoms with Crippen LogP contribution < -0.4 is 5.32 Å². The molecule has 0 fully saturated rings. The normalized spacial score (nSPS) is 8.21. The molecule has 0 aliphatic heterocycles. The smallest absolute Gasteiger partial charge is 0.303 e. The lowest BCUT2D eigenvalue weighted by Gasteiger charge is -1.98. The van der Waals surface area contributed by atoms with Gasteiger partial charge in [0.15, 0.2) is 0 Å². The fourth-order valence-electron chi connectivity index (χ4n) is 0.659. The molecule has 0 aliphatic rings. The Balaban J connectivity index is 0. The predicted octanol–water partition coefficient (Wildman–Crippen LogP) is 0.930. The minimum Gasteiger partial charge on any atom is -0.481 e. The molecule has 0 radical (unpaired) electrons. The first-order valence-corrected chi connectivity index (χ1v) is 4.54. The zero-order valence-corrected chi connectivity index (χ0v) is 8.79. The summed E-state index contributed by atoms with van der Waals surface area (Å²) < 4.78 is 0. The Morgan fingerprint density at radius 2 is 1.64 bits per heavy atom. The number of amides is 2. The van der Waals surface area contributed by atoms with Crippen molar-refractivity contribution in [2.45, 2.75) is 40.0 Å². The van der Waals surface area contributed by atoms with Crippen LogP contribution in [0.4, 0.5) is 0 Å². The lowest BCUT2D eigenvalue weighted by atomic mass is 10.2. The topological polar surface area (TPSA) is 83.5 Å². The molecule has 0 heterocycles. The number of hydrogen-bond donors (Lipinski definition) is 2. The van der Waals surface area contributed by atoms with E-state index >= 15 is 0 Å². The predicted molar refractivity (Wildman–Crippen MR) is 51.7 cm³/mol. The van der Waals surface area contributed by atoms with Gasteiger partial charge in [0.1, 0.15) is 0 Å². The molecule has 0 saturated carbocycles. The van der Waals surface area contributed by atoms with Crippen LogP contribution in [0.3, 0.4) is 0 Å². The summed E-state index contributed by atoms with van der Waals surface area (Å²) in [5.74, 6) is -1.79. The summed E-state index contributed by atoms with van der Waals surface area (Å²) >= 11 is 0. The number of imide groups is 1. The third kappa shape index (κ3) is 13.2. The molecule has 0 aliphatic carbocycles. The molecule has 2 N–H and O–H groups in total. The van der Waals surface area contributed by atoms with E-state index in [1.54, 1.807) is 0 Å². The number of rotatable bonds is 4. The van der Waals surface area contributed by atoms with Crippen LogP contribution in [0.25, 0.3) is 0 Å². The highest BCUT2D eigenvalue weighted by atomic mass is 16.4. The minimum atomic E-state index is -0.939. The van der Waals surface area contributed by atoms with Crippen LogP contribution >= 0.6 is 0 Å². The van der Waals surface area contributed by atoms with Gasteiger partial charge in [-0.3, -0.25) is 19.7 Å². The second-order valence-electron chi connectivity index (χ2n) is 2.35. The molecule has 5 nitrogen and oxygen atoms in total. The van der Waals surface area contributed by atoms with Gasteiger partial charge in [0.25, 0.3) is 0 Å². The first kappa shape index (κ1) is 15.1. The van der Waals surface area contributed by atoms with E-state index in [-0.39, 0.29) is 19.3 Å². The highest BCUT2D eigenvalue weighted by Crippen LogP contribution is 1.94. The summed E-state index contributed by atoms with van der Waals surface area (Å²) in [7, 11) is 0. The van der Waals surface area contributed by atoms with Crippen LogP contribution in [0.2, 0.25) is 0 Å². The minimum absolute atomic E-state index is 0.0503. The number of carbonyl (C=O) groups is 3. The van der Waals surface area contributed by atoms with E-state index < -0.39 is 17.8 Å². The van der Waals surface area contributed by atoms with Gasteiger partial charge in [-0.15, -0.1) is 0 Å². The molecule has 5 heteroatoms. The molecular formula is C9H17NO4. The summed E-state index contributed by atoms with van der Waals surface area (Å²) in [4.78, 5) is 31.0. The largest absolute Gasteiger partial charge is 0.481 e. The summed E-state index contributed by atoms with van der Waals surface area (Å²) in [5, 5.41) is 10.3. The Hall–Kier alpha value is -1.39. The Bertz CT molecular complexity index is 201. The molecule has 0 aromatic rings. The number of carbonyl (C=O) groups excluding carboxylic acids is 2. The van der Waals surface area contributed by atoms with E-state index in [0.717, 1.165) is 0 Å². The first-order valence-electron chi connectivity index (χ1n) is 4.54. The van der Waals surface area contributed by atoms with E-state index in [0.29, 0.717) is 0 Å². The summed E-state index contributed by atoms with van der Waals surface area (Å²) in [6.45, 7) is 5.23. The number of carboxylic acid groups (broad SMARTS) is 1. The molecule has 0 rings (SSSR count). The maximum absolute atomic E-state index is 10.7. The van der Waals surface area contributed by atoms with Gasteiger partial charge in [-0.25, -0.2) is 0 Å². The lowest BCUT2D eigenvalue weighted by molar-refractivity contribution is -0.137. The number of carboxylic acids is 1. The van der Waals surface area contributed by atoms with Gasteiger partial charge in [0.05, 0.1) is 0 Å². The monoisotopic (exact) mass is 203 g/mol. The molecule has 0 bridgehead atoms. The van der Waals surface area contributed by atoms with Gasteiger partial charge < -0.3 is 5.11 Å². The molecule has 0 saturated heterocycles. The van der Waals surface area contributed by atoms with Crippen molar-refractivity contribution in [2.24, 2.45) is 0 Å². The summed E-state index contributed by atoms with van der Waals surface area (Å²) in [6, 6.07) is 0. The fourth-order valence-corrected chi connectivity index (χ4v) is 0.659. The summed E-state index contributed by atoms with van der Waals surface area (Å²) in [5.41, 5.74) is 0. The SMILES string of the molecule is CC.CC(=O)NC(=O)CCCC(=O)O. The van der Waals surface area contributed by atoms with E-state index in [4.69, 9.17) is 5.11 Å². The van der Waals surface area contributed by atoms with Crippen LogP contribution in [0, 0.1) is 0 Å². The van der Waals surface area contributed by atoms with E-state index in [1.165, 1.54) is 6.92 Å². The van der Waals surface area contributed by atoms with E-state index in [1.807, 2.05) is 19.2 Å². The van der Waals surface area contributed by atoms with Crippen molar-refractivity contribution in [3.63, 3.8) is 0 Å². The van der Waals surface area contributed by atoms with Crippen LogP contribution in [-0.2, 0) is 14.4 Å². The van der Waals surface area contributed by atoms with Crippen LogP contribution in [-0.4, -0.2) is 22.9 Å². The van der Waals surface area contributed by atoms with Crippen molar-refractivity contribution in [3.05, 3.63) is 0 Å². The third-order valence-corrected chi connectivity index (χ3v) is 1.11. The number of hydrogen-bond acceptors (Lipinski definition) is 3. The Morgan fingerprint density at radius 1 is 1.14 bits per heavy atom. The zero-order chi connectivity index (χ0) is 11.6. The quantitative estimate of drug-likeness (QED) is 0.712. The third-order valence-electron chi connectivity index (χ3n) is 1.11. The van der Waals surface area contributed by atoms with Crippen LogP contribution in [0.1, 0.15) is 40.0 Å². The average Bonchev–Trinajstić information content (AvgIpc) is 2.05. The lowest BCUT2D eigenvalue weighted by Crippen LogP contribution is -2.27. The molecule has 0 spiro atoms. The molecule has 0 atom stereocenters. The highest BCUT2D eigenvalue weighted by molar-refractivity contribution is 5.93. The highest BCUT2D eigenvalue weighted by Gasteiger charge is 2.04. The molecule has 2 amide bonds. The van der Waals surface area contributed by atoms with Gasteiger partial charge in [-0.1, -0.05) is 13.8 Å². The summed E-state index contributed by atoms with van der Waals surface area (Å²) in [6.07, 6.45) is 0.283. The standard InChI is InChI=1S/C7H11NO4.C2H6/c1-5(9)8-6(10)3-2-4-7(11)12;1-2/h2-4H2,1H3,(H,11,12)(H,8,9,10);1-2H3. The van der Waals surface area contributed by atoms with Gasteiger partial charge in [-0.05, 0) is 6.42 Å². The number of nitrogens with one attached hydrogen (secondary N) is 1. The van der Waals surface area contributed by atoms with Crippen molar-refractivity contribution in [2.75, 3.05) is 0 Å². The second kappa shape index (κ2) is 9.70. The van der Waals surface area contributed by atoms with Crippen LogP contribution in [0.5, 0.6) is 0 Å². The average molecular weight is 203 g/mol. The fraction of sp³-hybridized carbons (Fsp3) is 0.667. The number of aliphatic carboxylic acids is 1. The van der Waals surface area contributed by atoms with Crippen molar-refractivity contribution < 1.29 is 19.5 Å². The Kier molecular flexibility index (Phi) is 10.5. The van der Waals surface area contributed by atoms with Gasteiger partial charge in [0, 0.05) is 19.8 Å². The van der Waals surface area contributed by atoms with E-state index in [2.05, 4.69) is 0 Å². The molecule has 14 heavy (non-hydrogen) atoms. The van der Waals surface area contributed by atoms with Crippen molar-refractivity contribution >= 4 is 17.8 Å². The maximum atomic E-state index is 10.7. The molecule has 0 aromatic carbocycles. The van der Waals surface area contributed by atoms with Crippen molar-refractivity contribution in [1.29, 1.82) is 0 Å². The van der Waals surface area contributed by atoms with Gasteiger partial charge in [-0.2, -0.15) is 0 Å². The van der Waals surface area contributed by atoms with Gasteiger partial charge >= 0.3 is 5.97 Å². The molecule has 0 aromatic heterocycles. The Labute approximate surface area is 83.5 Å². The van der Waals surface area contributed by atoms with Crippen molar-refractivity contribution in [3.8, 4) is 0 Å². The Morgan fingerprint density at radius 3 is 2.00 bits per heavy atom. The molecule has 0 unspecified atom stereocenters. The molecule has 82 valence electrons. The maximum Gasteiger partial charge on any atom is 0.303 e.